The molecule has 1 heterocycles. The molecule has 1 aliphatic rings. The van der Waals surface area contributed by atoms with Crippen LogP contribution in [0.25, 0.3) is 11.4 Å². The van der Waals surface area contributed by atoms with Crippen LogP contribution in [0, 0.1) is 0 Å². The molecule has 3 rings (SSSR count). The molecular weight excluding hydrogens is 230 g/mol. The number of aromatic nitrogens is 4. The normalized spacial score (nSPS) is 16.6. The number of nitrogens with zero attached hydrogens (tertiary/aromatic N) is 4. The van der Waals surface area contributed by atoms with Gasteiger partial charge < -0.3 is 10.5 Å². The highest BCUT2D eigenvalue weighted by atomic mass is 16.5. The molecule has 1 fully saturated rings. The molecule has 1 aromatic carbocycles. The lowest BCUT2D eigenvalue weighted by Gasteiger charge is -2.12. The Kier molecular flexibility index (Phi) is 2.26. The number of nitrogen functional groups attached to an aromatic ring is 1. The fourth-order valence-corrected chi connectivity index (χ4v) is 1.97. The lowest BCUT2D eigenvalue weighted by atomic mass is 10.1. The van der Waals surface area contributed by atoms with E-state index < -0.39 is 0 Å². The van der Waals surface area contributed by atoms with Crippen LogP contribution >= 0.6 is 0 Å². The summed E-state index contributed by atoms with van der Waals surface area (Å²) < 4.78 is 7.07. The Labute approximate surface area is 105 Å². The number of ether oxygens (including phenoxy) is 1. The van der Waals surface area contributed by atoms with E-state index in [1.807, 2.05) is 22.9 Å². The van der Waals surface area contributed by atoms with Crippen LogP contribution in [0.4, 0.5) is 5.69 Å². The van der Waals surface area contributed by atoms with Gasteiger partial charge >= 0.3 is 0 Å². The second-order valence-electron chi connectivity index (χ2n) is 4.86. The largest absolute Gasteiger partial charge is 0.497 e. The third kappa shape index (κ3) is 1.61. The molecule has 18 heavy (non-hydrogen) atoms. The van der Waals surface area contributed by atoms with Gasteiger partial charge in [0.05, 0.1) is 12.6 Å². The van der Waals surface area contributed by atoms with Gasteiger partial charge in [-0.15, -0.1) is 5.10 Å². The van der Waals surface area contributed by atoms with Crippen LogP contribution in [-0.4, -0.2) is 27.3 Å². The number of methoxy groups -OCH3 is 1. The molecule has 94 valence electrons. The number of rotatable bonds is 3. The number of hydrogen-bond donors (Lipinski definition) is 1. The van der Waals surface area contributed by atoms with E-state index in [4.69, 9.17) is 10.5 Å². The molecule has 0 amide bonds. The van der Waals surface area contributed by atoms with Gasteiger partial charge in [0.25, 0.3) is 0 Å². The Bertz CT molecular complexity index is 588. The van der Waals surface area contributed by atoms with Gasteiger partial charge in [-0.1, -0.05) is 0 Å². The van der Waals surface area contributed by atoms with E-state index in [-0.39, 0.29) is 5.54 Å². The van der Waals surface area contributed by atoms with Crippen molar-refractivity contribution in [3.05, 3.63) is 18.2 Å². The second-order valence-corrected chi connectivity index (χ2v) is 4.86. The van der Waals surface area contributed by atoms with Crippen molar-refractivity contribution in [3.8, 4) is 17.1 Å². The average Bonchev–Trinajstić information content (AvgIpc) is 2.94. The standard InChI is InChI=1S/C12H15N5O/c1-12(5-6-12)17-11(14-15-16-17)9-7-8(18-2)3-4-10(9)13/h3-4,7H,5-6,13H2,1-2H3. The molecule has 0 bridgehead atoms. The van der Waals surface area contributed by atoms with Gasteiger partial charge in [-0.3, -0.25) is 0 Å². The Morgan fingerprint density at radius 2 is 2.17 bits per heavy atom. The van der Waals surface area contributed by atoms with Gasteiger partial charge in [-0.25, -0.2) is 4.68 Å². The third-order valence-electron chi connectivity index (χ3n) is 3.46. The van der Waals surface area contributed by atoms with E-state index in [0.717, 1.165) is 24.2 Å². The molecule has 0 saturated heterocycles. The van der Waals surface area contributed by atoms with E-state index in [0.29, 0.717) is 11.5 Å². The summed E-state index contributed by atoms with van der Waals surface area (Å²) in [5.74, 6) is 1.45. The first kappa shape index (κ1) is 11.0. The Morgan fingerprint density at radius 1 is 1.39 bits per heavy atom. The Balaban J connectivity index is 2.12. The molecular formula is C12H15N5O. The number of anilines is 1. The quantitative estimate of drug-likeness (QED) is 0.828. The molecule has 0 spiro atoms. The molecule has 2 N–H and O–H groups in total. The Morgan fingerprint density at radius 3 is 2.83 bits per heavy atom. The summed E-state index contributed by atoms with van der Waals surface area (Å²) >= 11 is 0. The van der Waals surface area contributed by atoms with Crippen molar-refractivity contribution in [1.29, 1.82) is 0 Å². The van der Waals surface area contributed by atoms with Crippen molar-refractivity contribution in [1.82, 2.24) is 20.2 Å². The van der Waals surface area contributed by atoms with Gasteiger partial charge in [-0.2, -0.15) is 0 Å². The molecule has 1 aliphatic carbocycles. The van der Waals surface area contributed by atoms with E-state index in [1.165, 1.54) is 0 Å². The molecule has 6 nitrogen and oxygen atoms in total. The van der Waals surface area contributed by atoms with Crippen LogP contribution in [0.2, 0.25) is 0 Å². The molecule has 0 radical (unpaired) electrons. The summed E-state index contributed by atoms with van der Waals surface area (Å²) in [7, 11) is 1.63. The minimum absolute atomic E-state index is 0.0361. The Hall–Kier alpha value is -2.11. The number of tetrazole rings is 1. The summed E-state index contributed by atoms with van der Waals surface area (Å²) in [5, 5.41) is 11.9. The number of hydrogen-bond acceptors (Lipinski definition) is 5. The summed E-state index contributed by atoms with van der Waals surface area (Å²) in [6.45, 7) is 2.14. The van der Waals surface area contributed by atoms with Crippen molar-refractivity contribution >= 4 is 5.69 Å². The van der Waals surface area contributed by atoms with Gasteiger partial charge in [0, 0.05) is 11.3 Å². The van der Waals surface area contributed by atoms with Crippen molar-refractivity contribution in [2.45, 2.75) is 25.3 Å². The van der Waals surface area contributed by atoms with E-state index >= 15 is 0 Å². The first-order valence-corrected chi connectivity index (χ1v) is 5.87. The highest BCUT2D eigenvalue weighted by Gasteiger charge is 2.42. The minimum Gasteiger partial charge on any atom is -0.497 e. The van der Waals surface area contributed by atoms with Crippen LogP contribution in [0.5, 0.6) is 5.75 Å². The maximum atomic E-state index is 6.00. The predicted octanol–water partition coefficient (Wildman–Crippen LogP) is 1.44. The van der Waals surface area contributed by atoms with Crippen LogP contribution < -0.4 is 10.5 Å². The number of benzene rings is 1. The molecule has 1 aromatic heterocycles. The zero-order chi connectivity index (χ0) is 12.8. The zero-order valence-corrected chi connectivity index (χ0v) is 10.4. The summed E-state index contributed by atoms with van der Waals surface area (Å²) in [6, 6.07) is 5.50. The van der Waals surface area contributed by atoms with Gasteiger partial charge in [0.1, 0.15) is 5.75 Å². The fourth-order valence-electron chi connectivity index (χ4n) is 1.97. The molecule has 6 heteroatoms. The first-order valence-electron chi connectivity index (χ1n) is 5.87. The lowest BCUT2D eigenvalue weighted by molar-refractivity contribution is 0.415. The second kappa shape index (κ2) is 3.69. The van der Waals surface area contributed by atoms with Crippen LogP contribution in [0.15, 0.2) is 18.2 Å². The van der Waals surface area contributed by atoms with Gasteiger partial charge in [-0.05, 0) is 48.4 Å². The summed E-state index contributed by atoms with van der Waals surface area (Å²) in [6.07, 6.45) is 2.18. The predicted molar refractivity (Wildman–Crippen MR) is 67.1 cm³/mol. The molecule has 2 aromatic rings. The molecule has 0 unspecified atom stereocenters. The maximum Gasteiger partial charge on any atom is 0.184 e. The highest BCUT2D eigenvalue weighted by molar-refractivity contribution is 5.73. The van der Waals surface area contributed by atoms with Crippen LogP contribution in [0.3, 0.4) is 0 Å². The van der Waals surface area contributed by atoms with E-state index in [9.17, 15) is 0 Å². The van der Waals surface area contributed by atoms with Crippen LogP contribution in [-0.2, 0) is 5.54 Å². The van der Waals surface area contributed by atoms with Crippen molar-refractivity contribution in [3.63, 3.8) is 0 Å². The maximum absolute atomic E-state index is 6.00. The van der Waals surface area contributed by atoms with Crippen molar-refractivity contribution in [2.24, 2.45) is 0 Å². The first-order chi connectivity index (χ1) is 8.64. The molecule has 0 aliphatic heterocycles. The molecule has 0 atom stereocenters. The minimum atomic E-state index is 0.0361. The van der Waals surface area contributed by atoms with Gasteiger partial charge in [0.2, 0.25) is 0 Å². The lowest BCUT2D eigenvalue weighted by Crippen LogP contribution is -2.16. The molecule has 1 saturated carbocycles. The van der Waals surface area contributed by atoms with Crippen molar-refractivity contribution < 1.29 is 4.74 Å². The summed E-state index contributed by atoms with van der Waals surface area (Å²) in [4.78, 5) is 0. The highest BCUT2D eigenvalue weighted by Crippen LogP contribution is 2.44. The monoisotopic (exact) mass is 245 g/mol. The smallest absolute Gasteiger partial charge is 0.184 e. The average molecular weight is 245 g/mol. The SMILES string of the molecule is COc1ccc(N)c(-c2nnnn2C2(C)CC2)c1. The van der Waals surface area contributed by atoms with E-state index in [2.05, 4.69) is 22.4 Å². The van der Waals surface area contributed by atoms with Gasteiger partial charge in [0.15, 0.2) is 5.82 Å². The summed E-state index contributed by atoms with van der Waals surface area (Å²) in [5.41, 5.74) is 7.50. The van der Waals surface area contributed by atoms with Crippen molar-refractivity contribution in [2.75, 3.05) is 12.8 Å². The number of nitrogens with two attached hydrogens (primary N) is 1. The topological polar surface area (TPSA) is 78.8 Å². The van der Waals surface area contributed by atoms with Crippen LogP contribution in [0.1, 0.15) is 19.8 Å². The zero-order valence-electron chi connectivity index (χ0n) is 10.4. The van der Waals surface area contributed by atoms with E-state index in [1.54, 1.807) is 7.11 Å². The fraction of sp³-hybridized carbons (Fsp3) is 0.417. The third-order valence-corrected chi connectivity index (χ3v) is 3.46.